The molecule has 0 aromatic rings. The molecule has 0 aliphatic rings. The normalized spacial score (nSPS) is 12.9. The van der Waals surface area contributed by atoms with Gasteiger partial charge in [0.25, 0.3) is 5.91 Å². The molecule has 0 saturated heterocycles. The number of aliphatic carboxylic acids is 2. The van der Waals surface area contributed by atoms with Gasteiger partial charge in [0.15, 0.2) is 22.7 Å². The van der Waals surface area contributed by atoms with Crippen LogP contribution in [0.4, 0.5) is 0 Å². The summed E-state index contributed by atoms with van der Waals surface area (Å²) in [7, 11) is 0. The number of rotatable bonds is 16. The van der Waals surface area contributed by atoms with Crippen molar-refractivity contribution in [3.8, 4) is 12.1 Å². The summed E-state index contributed by atoms with van der Waals surface area (Å²) in [5.41, 5.74) is 6.84. The highest BCUT2D eigenvalue weighted by atomic mass is 16.5. The van der Waals surface area contributed by atoms with Crippen molar-refractivity contribution < 1.29 is 39.7 Å². The molecule has 54 heavy (non-hydrogen) atoms. The second-order valence-corrected chi connectivity index (χ2v) is 12.9. The predicted molar refractivity (Wildman–Crippen MR) is 200 cm³/mol. The van der Waals surface area contributed by atoms with E-state index < -0.39 is 57.5 Å². The van der Waals surface area contributed by atoms with Crippen LogP contribution in [0.2, 0.25) is 0 Å². The van der Waals surface area contributed by atoms with E-state index in [9.17, 15) is 19.2 Å². The van der Waals surface area contributed by atoms with Gasteiger partial charge in [-0.15, -0.1) is 13.2 Å². The second-order valence-electron chi connectivity index (χ2n) is 12.9. The molecule has 306 valence electrons. The summed E-state index contributed by atoms with van der Waals surface area (Å²) in [6.07, 6.45) is 0.157. The number of amides is 2. The largest absolute Gasteiger partial charge is 0.481 e. The summed E-state index contributed by atoms with van der Waals surface area (Å²) in [4.78, 5) is 42.6. The first kappa shape index (κ1) is 57.6. The summed E-state index contributed by atoms with van der Waals surface area (Å²) < 4.78 is 0. The predicted octanol–water partition coefficient (Wildman–Crippen LogP) is 3.26. The van der Waals surface area contributed by atoms with Gasteiger partial charge in [-0.05, 0) is 75.7 Å². The SMILES string of the molecule is C=C.CC(C#N)N=NC(C)(C#N)CCC(=O)O.CC(C)(N=NC(C)(C)C(=N)N)C(=N)N.CC(C)(N=NC(C)(C)C(=O)NCCO)C(=O)NO.CCC(=O)O. The number of carbonyl (C=O) groups is 4. The van der Waals surface area contributed by atoms with Crippen molar-refractivity contribution in [2.75, 3.05) is 13.2 Å². The van der Waals surface area contributed by atoms with E-state index in [2.05, 4.69) is 49.2 Å². The van der Waals surface area contributed by atoms with Crippen molar-refractivity contribution in [3.05, 3.63) is 13.2 Å². The highest BCUT2D eigenvalue weighted by Crippen LogP contribution is 2.18. The average Bonchev–Trinajstić information content (AvgIpc) is 3.11. The van der Waals surface area contributed by atoms with Crippen molar-refractivity contribution in [2.45, 2.75) is 129 Å². The average molecular weight is 769 g/mol. The number of amidine groups is 2. The third kappa shape index (κ3) is 28.9. The van der Waals surface area contributed by atoms with E-state index in [1.54, 1.807) is 41.5 Å². The number of hydrogen-bond acceptors (Lipinski definition) is 16. The lowest BCUT2D eigenvalue weighted by Gasteiger charge is -2.21. The Morgan fingerprint density at radius 1 is 0.778 bits per heavy atom. The first-order valence-corrected chi connectivity index (χ1v) is 16.0. The number of hydroxylamine groups is 1. The minimum Gasteiger partial charge on any atom is -0.481 e. The molecule has 22 nitrogen and oxygen atoms in total. The number of carboxylic acids is 2. The molecule has 0 aliphatic heterocycles. The van der Waals surface area contributed by atoms with Crippen molar-refractivity contribution in [1.29, 1.82) is 21.3 Å². The summed E-state index contributed by atoms with van der Waals surface area (Å²) in [6, 6.07) is 3.10. The zero-order valence-electron chi connectivity index (χ0n) is 33.2. The lowest BCUT2D eigenvalue weighted by molar-refractivity contribution is -0.138. The van der Waals surface area contributed by atoms with Crippen molar-refractivity contribution >= 4 is 35.4 Å². The summed E-state index contributed by atoms with van der Waals surface area (Å²) in [5, 5.41) is 90.2. The van der Waals surface area contributed by atoms with E-state index in [-0.39, 0.29) is 44.1 Å². The number of azo groups is 3. The lowest BCUT2D eigenvalue weighted by atomic mass is 9.99. The monoisotopic (exact) mass is 768 g/mol. The highest BCUT2D eigenvalue weighted by Gasteiger charge is 2.32. The zero-order valence-corrected chi connectivity index (χ0v) is 33.2. The first-order chi connectivity index (χ1) is 24.5. The fraction of sp³-hybridized carbons (Fsp3) is 0.688. The van der Waals surface area contributed by atoms with Crippen LogP contribution in [0.5, 0.6) is 0 Å². The summed E-state index contributed by atoms with van der Waals surface area (Å²) in [6.45, 7) is 23.2. The molecular formula is C32H60N14O8. The molecule has 2 amide bonds. The third-order valence-electron chi connectivity index (χ3n) is 6.04. The van der Waals surface area contributed by atoms with Gasteiger partial charge in [0, 0.05) is 19.4 Å². The van der Waals surface area contributed by atoms with Gasteiger partial charge in [-0.25, -0.2) is 5.48 Å². The van der Waals surface area contributed by atoms with Gasteiger partial charge in [-0.2, -0.15) is 41.2 Å². The summed E-state index contributed by atoms with van der Waals surface area (Å²) in [5.74, 6) is -3.01. The number of aliphatic hydroxyl groups is 1. The fourth-order valence-corrected chi connectivity index (χ4v) is 1.94. The van der Waals surface area contributed by atoms with Crippen LogP contribution in [0.3, 0.4) is 0 Å². The molecular weight excluding hydrogens is 708 g/mol. The highest BCUT2D eigenvalue weighted by molar-refractivity contribution is 5.88. The molecule has 2 atom stereocenters. The van der Waals surface area contributed by atoms with Crippen LogP contribution in [-0.2, 0) is 19.2 Å². The van der Waals surface area contributed by atoms with Gasteiger partial charge in [0.05, 0.1) is 18.7 Å². The van der Waals surface area contributed by atoms with Gasteiger partial charge in [0.1, 0.15) is 22.7 Å². The topological polar surface area (TPSA) is 395 Å². The van der Waals surface area contributed by atoms with Crippen molar-refractivity contribution in [1.82, 2.24) is 10.8 Å². The van der Waals surface area contributed by atoms with E-state index >= 15 is 0 Å². The van der Waals surface area contributed by atoms with Crippen LogP contribution in [0.25, 0.3) is 0 Å². The molecule has 0 heterocycles. The Balaban J connectivity index is -0.000000205. The van der Waals surface area contributed by atoms with Crippen LogP contribution < -0.4 is 22.3 Å². The smallest absolute Gasteiger partial charge is 0.303 e. The number of aliphatic hydroxyl groups excluding tert-OH is 1. The van der Waals surface area contributed by atoms with Crippen LogP contribution >= 0.6 is 0 Å². The lowest BCUT2D eigenvalue weighted by Crippen LogP contribution is -2.43. The molecule has 2 unspecified atom stereocenters. The van der Waals surface area contributed by atoms with E-state index in [1.807, 2.05) is 12.1 Å². The van der Waals surface area contributed by atoms with Crippen molar-refractivity contribution in [3.63, 3.8) is 0 Å². The molecule has 0 aliphatic carbocycles. The maximum absolute atomic E-state index is 11.7. The number of nitrogens with zero attached hydrogens (tertiary/aromatic N) is 8. The quantitative estimate of drug-likeness (QED) is 0.0270. The van der Waals surface area contributed by atoms with Gasteiger partial charge in [-0.1, -0.05) is 6.92 Å². The second kappa shape index (κ2) is 27.9. The number of nitriles is 2. The van der Waals surface area contributed by atoms with E-state index in [1.165, 1.54) is 40.1 Å². The standard InChI is InChI=1S/C10H20N4O4.C9H12N4O2.C8H18N6.C3H6O2.C2H4/c1-9(2,7(16)11-5-6-15)13-14-10(3,4)8(17)12-18;1-7(5-10)12-13-9(2,6-11)4-3-8(14)15;1-7(2,5(9)10)13-14-8(3,4)6(11)12;1-2-3(4)5;1-2/h15,18H,5-6H2,1-4H3,(H,11,16)(H,12,17);7H,3-4H2,1-2H3,(H,14,15);1-4H3,(H3,9,10)(H3,11,12);2H2,1H3,(H,4,5);1-2H2. The van der Waals surface area contributed by atoms with Gasteiger partial charge < -0.3 is 32.1 Å². The molecule has 0 aromatic carbocycles. The van der Waals surface area contributed by atoms with Crippen LogP contribution in [-0.4, -0.2) is 103 Å². The molecule has 0 spiro atoms. The van der Waals surface area contributed by atoms with E-state index in [0.717, 1.165) is 0 Å². The first-order valence-electron chi connectivity index (χ1n) is 16.0. The number of nitrogens with two attached hydrogens (primary N) is 2. The molecule has 0 aromatic heterocycles. The van der Waals surface area contributed by atoms with Crippen LogP contribution in [0.15, 0.2) is 43.8 Å². The Morgan fingerprint density at radius 2 is 1.15 bits per heavy atom. The van der Waals surface area contributed by atoms with Crippen LogP contribution in [0, 0.1) is 33.5 Å². The minimum atomic E-state index is -1.27. The molecule has 12 N–H and O–H groups in total. The van der Waals surface area contributed by atoms with Crippen LogP contribution in [0.1, 0.15) is 95.4 Å². The van der Waals surface area contributed by atoms with Gasteiger partial charge >= 0.3 is 11.9 Å². The Labute approximate surface area is 316 Å². The van der Waals surface area contributed by atoms with E-state index in [0.29, 0.717) is 0 Å². The molecule has 0 bridgehead atoms. The van der Waals surface area contributed by atoms with E-state index in [4.69, 9.17) is 53.3 Å². The van der Waals surface area contributed by atoms with Crippen molar-refractivity contribution in [2.24, 2.45) is 42.2 Å². The maximum atomic E-state index is 11.7. The number of carboxylic acid groups (broad SMARTS) is 2. The maximum Gasteiger partial charge on any atom is 0.303 e. The number of carbonyl (C=O) groups excluding carboxylic acids is 2. The Hall–Kier alpha value is -5.74. The Kier molecular flexibility index (Phi) is 29.7. The summed E-state index contributed by atoms with van der Waals surface area (Å²) >= 11 is 0. The molecule has 0 radical (unpaired) electrons. The molecule has 0 fully saturated rings. The molecule has 0 saturated carbocycles. The Bertz CT molecular complexity index is 1370. The minimum absolute atomic E-state index is 0.0689. The van der Waals surface area contributed by atoms with Gasteiger partial charge in [0.2, 0.25) is 5.91 Å². The molecule has 22 heteroatoms. The third-order valence-corrected chi connectivity index (χ3v) is 6.04. The Morgan fingerprint density at radius 3 is 1.43 bits per heavy atom. The fourth-order valence-electron chi connectivity index (χ4n) is 1.94. The number of hydrogen-bond donors (Lipinski definition) is 10. The molecule has 0 rings (SSSR count). The zero-order chi connectivity index (χ0) is 44.1. The number of nitrogens with one attached hydrogen (secondary N) is 4. The van der Waals surface area contributed by atoms with Gasteiger partial charge in [-0.3, -0.25) is 35.2 Å².